The first kappa shape index (κ1) is 14.7. The van der Waals surface area contributed by atoms with E-state index in [1.165, 1.54) is 12.1 Å². The van der Waals surface area contributed by atoms with Crippen LogP contribution >= 0.6 is 0 Å². The van der Waals surface area contributed by atoms with Gasteiger partial charge in [0, 0.05) is 0 Å². The zero-order chi connectivity index (χ0) is 15.6. The Bertz CT molecular complexity index is 684. The van der Waals surface area contributed by atoms with Crippen molar-refractivity contribution in [2.24, 2.45) is 0 Å². The Hall–Kier alpha value is -2.20. The fourth-order valence-electron chi connectivity index (χ4n) is 2.95. The third-order valence-corrected chi connectivity index (χ3v) is 4.18. The maximum absolute atomic E-state index is 12.8. The molecule has 3 nitrogen and oxygen atoms in total. The summed E-state index contributed by atoms with van der Waals surface area (Å²) in [5, 5.41) is 13.5. The zero-order valence-corrected chi connectivity index (χ0v) is 12.2. The van der Waals surface area contributed by atoms with Crippen molar-refractivity contribution in [1.82, 2.24) is 5.32 Å². The van der Waals surface area contributed by atoms with Gasteiger partial charge in [0.2, 0.25) is 5.91 Å². The highest BCUT2D eigenvalue weighted by Gasteiger charge is 2.36. The molecule has 0 radical (unpaired) electrons. The molecular weight excluding hydrogens is 281 g/mol. The van der Waals surface area contributed by atoms with Crippen LogP contribution in [-0.2, 0) is 23.2 Å². The molecule has 0 saturated carbocycles. The molecule has 1 atom stereocenters. The van der Waals surface area contributed by atoms with Gasteiger partial charge in [0.15, 0.2) is 0 Å². The van der Waals surface area contributed by atoms with E-state index in [2.05, 4.69) is 5.32 Å². The van der Waals surface area contributed by atoms with Crippen LogP contribution in [0.2, 0.25) is 0 Å². The summed E-state index contributed by atoms with van der Waals surface area (Å²) in [6.07, 6.45) is 1.61. The second-order valence-electron chi connectivity index (χ2n) is 5.77. The highest BCUT2D eigenvalue weighted by molar-refractivity contribution is 5.78. The fraction of sp³-hybridized carbons (Fsp3) is 0.278. The summed E-state index contributed by atoms with van der Waals surface area (Å²) in [5.74, 6) is -0.495. The molecule has 0 heterocycles. The Morgan fingerprint density at radius 1 is 1.18 bits per heavy atom. The van der Waals surface area contributed by atoms with Gasteiger partial charge in [0.25, 0.3) is 0 Å². The van der Waals surface area contributed by atoms with Crippen molar-refractivity contribution < 1.29 is 14.3 Å². The summed E-state index contributed by atoms with van der Waals surface area (Å²) in [4.78, 5) is 12.0. The zero-order valence-electron chi connectivity index (χ0n) is 12.2. The SMILES string of the molecule is O=C(Cc1ccc(F)cc1)NCC1(O)CCc2ccccc21. The van der Waals surface area contributed by atoms with E-state index in [1.54, 1.807) is 12.1 Å². The summed E-state index contributed by atoms with van der Waals surface area (Å²) in [7, 11) is 0. The standard InChI is InChI=1S/C18H18FNO2/c19-15-7-5-13(6-8-15)11-17(21)20-12-18(22)10-9-14-3-1-2-4-16(14)18/h1-8,22H,9-12H2,(H,20,21). The lowest BCUT2D eigenvalue weighted by Crippen LogP contribution is -2.39. The summed E-state index contributed by atoms with van der Waals surface area (Å²) < 4.78 is 12.8. The highest BCUT2D eigenvalue weighted by atomic mass is 19.1. The van der Waals surface area contributed by atoms with Crippen molar-refractivity contribution in [3.63, 3.8) is 0 Å². The molecule has 0 fully saturated rings. The predicted molar refractivity (Wildman–Crippen MR) is 81.8 cm³/mol. The highest BCUT2D eigenvalue weighted by Crippen LogP contribution is 2.36. The molecule has 0 spiro atoms. The number of rotatable bonds is 4. The summed E-state index contributed by atoms with van der Waals surface area (Å²) in [6.45, 7) is 0.198. The number of aliphatic hydroxyl groups is 1. The number of nitrogens with one attached hydrogen (secondary N) is 1. The molecule has 1 aliphatic rings. The van der Waals surface area contributed by atoms with Gasteiger partial charge in [-0.2, -0.15) is 0 Å². The van der Waals surface area contributed by atoms with Crippen LogP contribution in [-0.4, -0.2) is 17.6 Å². The quantitative estimate of drug-likeness (QED) is 0.910. The van der Waals surface area contributed by atoms with E-state index in [0.29, 0.717) is 6.42 Å². The third kappa shape index (κ3) is 3.02. The predicted octanol–water partition coefficient (Wildman–Crippen LogP) is 2.32. The molecule has 1 unspecified atom stereocenters. The number of hydrogen-bond donors (Lipinski definition) is 2. The van der Waals surface area contributed by atoms with Crippen molar-refractivity contribution in [3.8, 4) is 0 Å². The van der Waals surface area contributed by atoms with Crippen LogP contribution in [0.15, 0.2) is 48.5 Å². The van der Waals surface area contributed by atoms with Gasteiger partial charge in [-0.1, -0.05) is 36.4 Å². The van der Waals surface area contributed by atoms with E-state index >= 15 is 0 Å². The molecule has 0 bridgehead atoms. The summed E-state index contributed by atoms with van der Waals surface area (Å²) >= 11 is 0. The van der Waals surface area contributed by atoms with Crippen LogP contribution in [0.3, 0.4) is 0 Å². The lowest BCUT2D eigenvalue weighted by molar-refractivity contribution is -0.121. The number of carbonyl (C=O) groups is 1. The molecule has 114 valence electrons. The number of fused-ring (bicyclic) bond motifs is 1. The monoisotopic (exact) mass is 299 g/mol. The van der Waals surface area contributed by atoms with E-state index in [4.69, 9.17) is 0 Å². The average Bonchev–Trinajstić information content (AvgIpc) is 2.86. The number of aryl methyl sites for hydroxylation is 1. The van der Waals surface area contributed by atoms with Crippen LogP contribution in [0.5, 0.6) is 0 Å². The van der Waals surface area contributed by atoms with Crippen LogP contribution < -0.4 is 5.32 Å². The van der Waals surface area contributed by atoms with Crippen LogP contribution in [0.25, 0.3) is 0 Å². The maximum Gasteiger partial charge on any atom is 0.224 e. The molecule has 0 aromatic heterocycles. The average molecular weight is 299 g/mol. The Kier molecular flexibility index (Phi) is 3.94. The molecule has 1 aliphatic carbocycles. The Morgan fingerprint density at radius 3 is 2.68 bits per heavy atom. The van der Waals surface area contributed by atoms with Crippen LogP contribution in [0.4, 0.5) is 4.39 Å². The molecule has 2 N–H and O–H groups in total. The second kappa shape index (κ2) is 5.89. The van der Waals surface area contributed by atoms with Gasteiger partial charge >= 0.3 is 0 Å². The van der Waals surface area contributed by atoms with E-state index < -0.39 is 5.60 Å². The van der Waals surface area contributed by atoms with E-state index in [-0.39, 0.29) is 24.7 Å². The van der Waals surface area contributed by atoms with Crippen molar-refractivity contribution in [1.29, 1.82) is 0 Å². The van der Waals surface area contributed by atoms with Gasteiger partial charge in [-0.3, -0.25) is 4.79 Å². The van der Waals surface area contributed by atoms with Crippen molar-refractivity contribution in [3.05, 3.63) is 71.0 Å². The van der Waals surface area contributed by atoms with Gasteiger partial charge in [0.05, 0.1) is 13.0 Å². The Morgan fingerprint density at radius 2 is 1.91 bits per heavy atom. The van der Waals surface area contributed by atoms with Gasteiger partial charge in [0.1, 0.15) is 11.4 Å². The van der Waals surface area contributed by atoms with Crippen LogP contribution in [0, 0.1) is 5.82 Å². The Labute approximate surface area is 128 Å². The first-order chi connectivity index (χ1) is 10.6. The first-order valence-electron chi connectivity index (χ1n) is 7.39. The molecular formula is C18H18FNO2. The number of benzene rings is 2. The van der Waals surface area contributed by atoms with E-state index in [1.807, 2.05) is 24.3 Å². The molecule has 2 aromatic carbocycles. The van der Waals surface area contributed by atoms with Gasteiger partial charge in [-0.25, -0.2) is 4.39 Å². The molecule has 2 aromatic rings. The van der Waals surface area contributed by atoms with Crippen molar-refractivity contribution in [2.75, 3.05) is 6.54 Å². The summed E-state index contributed by atoms with van der Waals surface area (Å²) in [5.41, 5.74) is 1.79. The summed E-state index contributed by atoms with van der Waals surface area (Å²) in [6, 6.07) is 13.6. The normalized spacial score (nSPS) is 19.7. The largest absolute Gasteiger partial charge is 0.383 e. The van der Waals surface area contributed by atoms with Crippen molar-refractivity contribution in [2.45, 2.75) is 24.9 Å². The minimum absolute atomic E-state index is 0.176. The topological polar surface area (TPSA) is 49.3 Å². The van der Waals surface area contributed by atoms with Crippen LogP contribution in [0.1, 0.15) is 23.1 Å². The molecule has 4 heteroatoms. The smallest absolute Gasteiger partial charge is 0.224 e. The van der Waals surface area contributed by atoms with Gasteiger partial charge in [-0.05, 0) is 41.7 Å². The fourth-order valence-corrected chi connectivity index (χ4v) is 2.95. The second-order valence-corrected chi connectivity index (χ2v) is 5.77. The van der Waals surface area contributed by atoms with E-state index in [9.17, 15) is 14.3 Å². The minimum Gasteiger partial charge on any atom is -0.383 e. The van der Waals surface area contributed by atoms with Crippen molar-refractivity contribution >= 4 is 5.91 Å². The third-order valence-electron chi connectivity index (χ3n) is 4.18. The molecule has 0 saturated heterocycles. The molecule has 0 aliphatic heterocycles. The maximum atomic E-state index is 12.8. The number of carbonyl (C=O) groups excluding carboxylic acids is 1. The van der Waals surface area contributed by atoms with Gasteiger partial charge < -0.3 is 10.4 Å². The van der Waals surface area contributed by atoms with Gasteiger partial charge in [-0.15, -0.1) is 0 Å². The minimum atomic E-state index is -0.991. The molecule has 3 rings (SSSR count). The lowest BCUT2D eigenvalue weighted by atomic mass is 9.96. The molecule has 1 amide bonds. The Balaban J connectivity index is 1.61. The van der Waals surface area contributed by atoms with E-state index in [0.717, 1.165) is 23.1 Å². The lowest BCUT2D eigenvalue weighted by Gasteiger charge is -2.24. The first-order valence-corrected chi connectivity index (χ1v) is 7.39. The number of hydrogen-bond acceptors (Lipinski definition) is 2. The number of amides is 1. The molecule has 22 heavy (non-hydrogen) atoms. The number of halogens is 1.